The van der Waals surface area contributed by atoms with Gasteiger partial charge >= 0.3 is 18.3 Å². The van der Waals surface area contributed by atoms with Gasteiger partial charge in [0.2, 0.25) is 17.7 Å². The predicted octanol–water partition coefficient (Wildman–Crippen LogP) is 1.39. The number of nitrogens with zero attached hydrogens (tertiary/aromatic N) is 2. The Hall–Kier alpha value is -3.05. The number of amides is 4. The molecule has 6 atom stereocenters. The summed E-state index contributed by atoms with van der Waals surface area (Å²) >= 11 is 0. The lowest BCUT2D eigenvalue weighted by Gasteiger charge is -2.33. The van der Waals surface area contributed by atoms with Crippen LogP contribution in [0.5, 0.6) is 0 Å². The van der Waals surface area contributed by atoms with Crippen LogP contribution in [0.15, 0.2) is 0 Å². The molecule has 2 unspecified atom stereocenters. The van der Waals surface area contributed by atoms with Crippen LogP contribution >= 0.6 is 0 Å². The molecule has 1 aliphatic carbocycles. The second kappa shape index (κ2) is 10.0. The third-order valence-corrected chi connectivity index (χ3v) is 7.49. The maximum atomic E-state index is 13.2. The molecule has 0 aromatic rings. The lowest BCUT2D eigenvalue weighted by Crippen LogP contribution is -2.58. The van der Waals surface area contributed by atoms with E-state index >= 15 is 0 Å². The van der Waals surface area contributed by atoms with Crippen LogP contribution in [-0.4, -0.2) is 72.1 Å². The lowest BCUT2D eigenvalue weighted by atomic mass is 9.97. The predicted molar refractivity (Wildman–Crippen MR) is 113 cm³/mol. The van der Waals surface area contributed by atoms with Crippen molar-refractivity contribution in [1.29, 1.82) is 5.26 Å². The van der Waals surface area contributed by atoms with Crippen LogP contribution in [0.4, 0.5) is 26.3 Å². The van der Waals surface area contributed by atoms with Gasteiger partial charge in [-0.15, -0.1) is 0 Å². The number of nitrogens with one attached hydrogen (secondary N) is 3. The van der Waals surface area contributed by atoms with Crippen LogP contribution in [0.3, 0.4) is 0 Å². The molecule has 3 fully saturated rings. The molecule has 9 nitrogen and oxygen atoms in total. The molecule has 0 aromatic heterocycles. The Labute approximate surface area is 208 Å². The van der Waals surface area contributed by atoms with Crippen LogP contribution in [0.2, 0.25) is 0 Å². The highest BCUT2D eigenvalue weighted by Crippen LogP contribution is 2.65. The fraction of sp³-hybridized carbons (Fsp3) is 0.773. The number of halogens is 6. The summed E-state index contributed by atoms with van der Waals surface area (Å²) in [4.78, 5) is 50.6. The molecule has 4 amide bonds. The van der Waals surface area contributed by atoms with Gasteiger partial charge in [0.25, 0.3) is 0 Å². The molecule has 2 aliphatic heterocycles. The van der Waals surface area contributed by atoms with E-state index in [9.17, 15) is 50.8 Å². The maximum Gasteiger partial charge on any atom is 0.471 e. The standard InChI is InChI=1S/C22H27F6N5O4/c1-20(2)12-9-33(18(36)13(3-5-21(23,24)25)32-19(37)22(26,27)28)15(14(12)20)17(35)31-11(8-29)7-10-4-6-30-16(10)34/h10-15H,3-7,9H2,1-2H3,(H,30,34)(H,31,35)(H,32,37)/t10-,11?,12-,13?,14-,15-/m0/s1. The smallest absolute Gasteiger partial charge is 0.356 e. The number of rotatable bonds is 8. The summed E-state index contributed by atoms with van der Waals surface area (Å²) < 4.78 is 76.8. The second-order valence-corrected chi connectivity index (χ2v) is 10.3. The quantitative estimate of drug-likeness (QED) is 0.402. The van der Waals surface area contributed by atoms with Gasteiger partial charge in [-0.05, 0) is 36.5 Å². The van der Waals surface area contributed by atoms with Crippen LogP contribution in [0.25, 0.3) is 0 Å². The van der Waals surface area contributed by atoms with Crippen molar-refractivity contribution in [3.8, 4) is 6.07 Å². The highest BCUT2D eigenvalue weighted by Gasteiger charge is 2.69. The number of hydrogen-bond acceptors (Lipinski definition) is 5. The Balaban J connectivity index is 1.79. The van der Waals surface area contributed by atoms with Crippen LogP contribution < -0.4 is 16.0 Å². The summed E-state index contributed by atoms with van der Waals surface area (Å²) in [5, 5.41) is 15.9. The number of fused-ring (bicyclic) bond motifs is 1. The Kier molecular flexibility index (Phi) is 7.72. The van der Waals surface area contributed by atoms with Crippen LogP contribution in [0, 0.1) is 34.5 Å². The van der Waals surface area contributed by atoms with Crippen molar-refractivity contribution in [3.05, 3.63) is 0 Å². The first kappa shape index (κ1) is 28.5. The molecule has 37 heavy (non-hydrogen) atoms. The van der Waals surface area contributed by atoms with Gasteiger partial charge in [-0.3, -0.25) is 19.2 Å². The van der Waals surface area contributed by atoms with E-state index in [4.69, 9.17) is 0 Å². The van der Waals surface area contributed by atoms with Gasteiger partial charge in [0, 0.05) is 25.4 Å². The van der Waals surface area contributed by atoms with E-state index in [1.807, 2.05) is 19.9 Å². The highest BCUT2D eigenvalue weighted by molar-refractivity contribution is 5.94. The number of likely N-dealkylation sites (tertiary alicyclic amines) is 1. The van der Waals surface area contributed by atoms with E-state index in [1.54, 1.807) is 0 Å². The molecule has 0 bridgehead atoms. The van der Waals surface area contributed by atoms with Crippen molar-refractivity contribution in [2.45, 2.75) is 70.0 Å². The van der Waals surface area contributed by atoms with Gasteiger partial charge < -0.3 is 20.9 Å². The van der Waals surface area contributed by atoms with Crippen LogP contribution in [-0.2, 0) is 19.2 Å². The van der Waals surface area contributed by atoms with Gasteiger partial charge in [-0.1, -0.05) is 13.8 Å². The third-order valence-electron chi connectivity index (χ3n) is 7.49. The molecule has 206 valence electrons. The summed E-state index contributed by atoms with van der Waals surface area (Å²) in [6.07, 6.45) is -12.6. The second-order valence-electron chi connectivity index (χ2n) is 10.3. The molecule has 0 aromatic carbocycles. The topological polar surface area (TPSA) is 131 Å². The molecule has 3 aliphatic rings. The largest absolute Gasteiger partial charge is 0.471 e. The van der Waals surface area contributed by atoms with Crippen molar-refractivity contribution in [2.24, 2.45) is 23.2 Å². The molecular weight excluding hydrogens is 512 g/mol. The lowest BCUT2D eigenvalue weighted by molar-refractivity contribution is -0.176. The molecule has 1 saturated carbocycles. The first-order valence-corrected chi connectivity index (χ1v) is 11.7. The first-order chi connectivity index (χ1) is 17.0. The zero-order valence-electron chi connectivity index (χ0n) is 20.0. The van der Waals surface area contributed by atoms with E-state index in [2.05, 4.69) is 10.6 Å². The average Bonchev–Trinajstić information content (AvgIpc) is 3.14. The van der Waals surface area contributed by atoms with Gasteiger partial charge in [0.1, 0.15) is 18.1 Å². The normalized spacial score (nSPS) is 28.0. The van der Waals surface area contributed by atoms with E-state index in [0.29, 0.717) is 13.0 Å². The number of nitriles is 1. The van der Waals surface area contributed by atoms with Crippen LogP contribution in [0.1, 0.15) is 39.5 Å². The molecule has 3 N–H and O–H groups in total. The van der Waals surface area contributed by atoms with Crippen molar-refractivity contribution in [1.82, 2.24) is 20.9 Å². The maximum absolute atomic E-state index is 13.2. The fourth-order valence-corrected chi connectivity index (χ4v) is 5.37. The van der Waals surface area contributed by atoms with E-state index < -0.39 is 78.3 Å². The minimum Gasteiger partial charge on any atom is -0.356 e. The molecule has 0 spiro atoms. The number of carbonyl (C=O) groups excluding carboxylic acids is 4. The van der Waals surface area contributed by atoms with E-state index in [-0.39, 0.29) is 24.8 Å². The van der Waals surface area contributed by atoms with Gasteiger partial charge in [0.15, 0.2) is 0 Å². The van der Waals surface area contributed by atoms with Gasteiger partial charge in [-0.25, -0.2) is 0 Å². The van der Waals surface area contributed by atoms with Crippen molar-refractivity contribution in [2.75, 3.05) is 13.1 Å². The molecule has 2 saturated heterocycles. The number of alkyl halides is 6. The Bertz CT molecular complexity index is 992. The SMILES string of the molecule is CC1(C)[C@@H]2[C@@H](C(=O)NC(C#N)C[C@@H]3CCNC3=O)N(C(=O)C(CCC(F)(F)F)NC(=O)C(F)(F)F)C[C@@H]21. The number of hydrogen-bond donors (Lipinski definition) is 3. The summed E-state index contributed by atoms with van der Waals surface area (Å²) in [7, 11) is 0. The minimum absolute atomic E-state index is 0.00206. The fourth-order valence-electron chi connectivity index (χ4n) is 5.37. The van der Waals surface area contributed by atoms with Crippen molar-refractivity contribution >= 4 is 23.6 Å². The highest BCUT2D eigenvalue weighted by atomic mass is 19.4. The summed E-state index contributed by atoms with van der Waals surface area (Å²) in [5.41, 5.74) is -0.442. The molecular formula is C22H27F6N5O4. The Morgan fingerprint density at radius 1 is 1.19 bits per heavy atom. The zero-order valence-corrected chi connectivity index (χ0v) is 20.0. The number of piperidine rings is 1. The van der Waals surface area contributed by atoms with Gasteiger partial charge in [-0.2, -0.15) is 31.6 Å². The summed E-state index contributed by atoms with van der Waals surface area (Å²) in [6.45, 7) is 3.92. The Morgan fingerprint density at radius 3 is 2.35 bits per heavy atom. The molecule has 0 radical (unpaired) electrons. The minimum atomic E-state index is -5.44. The summed E-state index contributed by atoms with van der Waals surface area (Å²) in [6, 6.07) is -2.66. The summed E-state index contributed by atoms with van der Waals surface area (Å²) in [5.74, 6) is -6.11. The third kappa shape index (κ3) is 6.27. The van der Waals surface area contributed by atoms with Gasteiger partial charge in [0.05, 0.1) is 6.07 Å². The van der Waals surface area contributed by atoms with E-state index in [0.717, 1.165) is 4.90 Å². The number of carbonyl (C=O) groups is 4. The molecule has 15 heteroatoms. The van der Waals surface area contributed by atoms with E-state index in [1.165, 1.54) is 5.32 Å². The monoisotopic (exact) mass is 539 g/mol. The van der Waals surface area contributed by atoms with Crippen molar-refractivity contribution < 1.29 is 45.5 Å². The Morgan fingerprint density at radius 2 is 1.84 bits per heavy atom. The zero-order chi connectivity index (χ0) is 27.9. The first-order valence-electron chi connectivity index (χ1n) is 11.7. The average molecular weight is 539 g/mol. The van der Waals surface area contributed by atoms with Crippen molar-refractivity contribution in [3.63, 3.8) is 0 Å². The molecule has 2 heterocycles. The molecule has 3 rings (SSSR count).